The summed E-state index contributed by atoms with van der Waals surface area (Å²) in [7, 11) is 2.06. The number of carbonyl (C=O) groups is 1. The first-order valence-electron chi connectivity index (χ1n) is 12.6. The fourth-order valence-electron chi connectivity index (χ4n) is 5.29. The van der Waals surface area contributed by atoms with Gasteiger partial charge in [0.15, 0.2) is 17.3 Å². The molecule has 0 bridgehead atoms. The van der Waals surface area contributed by atoms with Crippen molar-refractivity contribution in [2.24, 2.45) is 0 Å². The number of thiazole rings is 1. The van der Waals surface area contributed by atoms with E-state index in [2.05, 4.69) is 17.4 Å². The maximum absolute atomic E-state index is 15.5. The summed E-state index contributed by atoms with van der Waals surface area (Å²) in [6.07, 6.45) is 4.03. The minimum Gasteiger partial charge on any atom is -0.353 e. The van der Waals surface area contributed by atoms with Crippen molar-refractivity contribution in [2.75, 3.05) is 51.2 Å². The summed E-state index contributed by atoms with van der Waals surface area (Å²) in [6, 6.07) is 9.02. The smallest absolute Gasteiger partial charge is 0.272 e. The third kappa shape index (κ3) is 4.03. The number of nitrogens with zero attached hydrogens (tertiary/aromatic N) is 5. The number of likely N-dealkylation sites (N-methyl/N-ethyl adjacent to an activating group) is 1. The van der Waals surface area contributed by atoms with Crippen LogP contribution in [0.1, 0.15) is 36.0 Å². The lowest BCUT2D eigenvalue weighted by atomic mass is 10.1. The molecule has 0 saturated carbocycles. The number of para-hydroxylation sites is 1. The van der Waals surface area contributed by atoms with Crippen LogP contribution in [0, 0.1) is 5.82 Å². The van der Waals surface area contributed by atoms with E-state index in [9.17, 15) is 9.59 Å². The summed E-state index contributed by atoms with van der Waals surface area (Å²) >= 11 is 1.39. The van der Waals surface area contributed by atoms with E-state index in [4.69, 9.17) is 4.98 Å². The monoisotopic (exact) mass is 508 g/mol. The van der Waals surface area contributed by atoms with Gasteiger partial charge in [0, 0.05) is 32.7 Å². The topological polar surface area (TPSA) is 73.2 Å². The largest absolute Gasteiger partial charge is 0.353 e. The van der Waals surface area contributed by atoms with Gasteiger partial charge in [-0.15, -0.1) is 11.3 Å². The maximum atomic E-state index is 15.5. The number of hydrogen-bond acceptors (Lipinski definition) is 7. The van der Waals surface area contributed by atoms with Crippen LogP contribution in [0.2, 0.25) is 0 Å². The van der Waals surface area contributed by atoms with Crippen LogP contribution < -0.4 is 15.8 Å². The average molecular weight is 509 g/mol. The van der Waals surface area contributed by atoms with Gasteiger partial charge in [0.2, 0.25) is 5.43 Å². The molecular weight excluding hydrogens is 479 g/mol. The number of fused-ring (bicyclic) bond motifs is 5. The lowest BCUT2D eigenvalue weighted by Crippen LogP contribution is -2.46. The first kappa shape index (κ1) is 23.3. The standard InChI is InChI=1S/C26H29FN6O2S/c1-30-10-7-11-31(15-14-30)24-18(27)16-17-22(34)21(25(35)29-32-12-5-2-6-13-32)26-33(23(17)28-24)19-8-3-4-9-20(19)36-26/h3-4,8-9,16H,2,5-7,10-15H2,1H3,(H,29,35). The molecule has 0 spiro atoms. The normalized spacial score (nSPS) is 18.2. The van der Waals surface area contributed by atoms with Gasteiger partial charge in [-0.25, -0.2) is 14.4 Å². The average Bonchev–Trinajstić information content (AvgIpc) is 3.12. The first-order chi connectivity index (χ1) is 17.5. The fourth-order valence-corrected chi connectivity index (χ4v) is 6.47. The number of pyridine rings is 2. The molecule has 0 atom stereocenters. The minimum atomic E-state index is -0.536. The number of carbonyl (C=O) groups excluding carboxylic acids is 1. The number of rotatable bonds is 3. The summed E-state index contributed by atoms with van der Waals surface area (Å²) in [5, 5.41) is 1.99. The number of hydrazine groups is 1. The van der Waals surface area contributed by atoms with Crippen LogP contribution >= 0.6 is 11.3 Å². The molecule has 10 heteroatoms. The van der Waals surface area contributed by atoms with Gasteiger partial charge in [0.05, 0.1) is 15.6 Å². The Morgan fingerprint density at radius 1 is 1.03 bits per heavy atom. The van der Waals surface area contributed by atoms with Crippen LogP contribution in [0.4, 0.5) is 10.2 Å². The molecule has 8 nitrogen and oxygen atoms in total. The van der Waals surface area contributed by atoms with Crippen LogP contribution in [0.15, 0.2) is 35.1 Å². The van der Waals surface area contributed by atoms with Gasteiger partial charge in [-0.2, -0.15) is 0 Å². The third-order valence-electron chi connectivity index (χ3n) is 7.21. The highest BCUT2D eigenvalue weighted by Crippen LogP contribution is 2.32. The Morgan fingerprint density at radius 3 is 2.67 bits per heavy atom. The van der Waals surface area contributed by atoms with E-state index in [1.165, 1.54) is 17.4 Å². The molecule has 0 radical (unpaired) electrons. The van der Waals surface area contributed by atoms with Crippen LogP contribution in [0.5, 0.6) is 0 Å². The molecule has 0 aliphatic carbocycles. The predicted octanol–water partition coefficient (Wildman–Crippen LogP) is 3.47. The molecule has 1 aromatic carbocycles. The Hall–Kier alpha value is -3.08. The molecule has 2 aliphatic heterocycles. The molecule has 188 valence electrons. The molecular formula is C26H29FN6O2S. The molecule has 6 rings (SSSR count). The molecule has 5 heterocycles. The molecule has 2 fully saturated rings. The number of amides is 1. The summed E-state index contributed by atoms with van der Waals surface area (Å²) in [6.45, 7) is 4.61. The highest BCUT2D eigenvalue weighted by Gasteiger charge is 2.26. The zero-order valence-electron chi connectivity index (χ0n) is 20.3. The lowest BCUT2D eigenvalue weighted by molar-refractivity contribution is 0.0751. The van der Waals surface area contributed by atoms with Gasteiger partial charge in [-0.1, -0.05) is 18.6 Å². The van der Waals surface area contributed by atoms with Gasteiger partial charge in [0.1, 0.15) is 10.4 Å². The van der Waals surface area contributed by atoms with Crippen LogP contribution in [0.25, 0.3) is 26.1 Å². The Balaban J connectivity index is 1.56. The summed E-state index contributed by atoms with van der Waals surface area (Å²) in [4.78, 5) is 36.6. The Bertz CT molecular complexity index is 1530. The number of nitrogens with one attached hydrogen (secondary N) is 1. The van der Waals surface area contributed by atoms with E-state index in [-0.39, 0.29) is 16.8 Å². The number of piperidine rings is 1. The minimum absolute atomic E-state index is 0.0413. The summed E-state index contributed by atoms with van der Waals surface area (Å²) in [5.41, 5.74) is 3.71. The molecule has 1 N–H and O–H groups in total. The van der Waals surface area contributed by atoms with Crippen molar-refractivity contribution in [3.63, 3.8) is 0 Å². The lowest BCUT2D eigenvalue weighted by Gasteiger charge is -2.26. The molecule has 2 saturated heterocycles. The zero-order chi connectivity index (χ0) is 24.8. The Kier molecular flexibility index (Phi) is 6.10. The van der Waals surface area contributed by atoms with Crippen molar-refractivity contribution in [1.82, 2.24) is 24.7 Å². The molecule has 3 aromatic heterocycles. The molecule has 36 heavy (non-hydrogen) atoms. The number of benzene rings is 1. The van der Waals surface area contributed by atoms with Gasteiger partial charge >= 0.3 is 0 Å². The molecule has 0 unspecified atom stereocenters. The number of aromatic nitrogens is 2. The first-order valence-corrected chi connectivity index (χ1v) is 13.4. The van der Waals surface area contributed by atoms with Gasteiger partial charge in [0.25, 0.3) is 5.91 Å². The SMILES string of the molecule is CN1CCCN(c2nc3c(cc2F)c(=O)c(C(=O)NN2CCCCC2)c2sc4ccccc4n23)CC1. The van der Waals surface area contributed by atoms with E-state index in [0.29, 0.717) is 23.6 Å². The van der Waals surface area contributed by atoms with Crippen molar-refractivity contribution in [3.8, 4) is 0 Å². The maximum Gasteiger partial charge on any atom is 0.272 e. The van der Waals surface area contributed by atoms with Crippen molar-refractivity contribution in [3.05, 3.63) is 51.9 Å². The Morgan fingerprint density at radius 2 is 1.83 bits per heavy atom. The van der Waals surface area contributed by atoms with E-state index >= 15 is 4.39 Å². The molecule has 1 amide bonds. The van der Waals surface area contributed by atoms with Crippen molar-refractivity contribution >= 4 is 49.1 Å². The van der Waals surface area contributed by atoms with Gasteiger partial charge in [-0.05, 0) is 51.1 Å². The fraction of sp³-hybridized carbons (Fsp3) is 0.423. The van der Waals surface area contributed by atoms with E-state index < -0.39 is 17.2 Å². The quantitative estimate of drug-likeness (QED) is 0.457. The van der Waals surface area contributed by atoms with E-state index in [0.717, 1.165) is 62.1 Å². The second-order valence-electron chi connectivity index (χ2n) is 9.71. The second-order valence-corrected chi connectivity index (χ2v) is 10.7. The van der Waals surface area contributed by atoms with Crippen molar-refractivity contribution in [2.45, 2.75) is 25.7 Å². The summed E-state index contributed by atoms with van der Waals surface area (Å²) < 4.78 is 18.3. The molecule has 4 aromatic rings. The van der Waals surface area contributed by atoms with E-state index in [1.54, 1.807) is 0 Å². The summed E-state index contributed by atoms with van der Waals surface area (Å²) in [5.74, 6) is -0.731. The highest BCUT2D eigenvalue weighted by atomic mass is 32.1. The number of halogens is 1. The highest BCUT2D eigenvalue weighted by molar-refractivity contribution is 7.24. The van der Waals surface area contributed by atoms with Crippen LogP contribution in [-0.2, 0) is 0 Å². The van der Waals surface area contributed by atoms with Crippen molar-refractivity contribution in [1.29, 1.82) is 0 Å². The molecule has 2 aliphatic rings. The van der Waals surface area contributed by atoms with Crippen molar-refractivity contribution < 1.29 is 9.18 Å². The number of anilines is 1. The van der Waals surface area contributed by atoms with E-state index in [1.807, 2.05) is 38.6 Å². The van der Waals surface area contributed by atoms with Crippen LogP contribution in [-0.4, -0.2) is 71.5 Å². The van der Waals surface area contributed by atoms with Gasteiger partial charge in [-0.3, -0.25) is 19.4 Å². The second kappa shape index (κ2) is 9.42. The Labute approximate surface area is 211 Å². The van der Waals surface area contributed by atoms with Gasteiger partial charge < -0.3 is 9.80 Å². The van der Waals surface area contributed by atoms with Crippen LogP contribution in [0.3, 0.4) is 0 Å². The predicted molar refractivity (Wildman–Crippen MR) is 142 cm³/mol. The third-order valence-corrected chi connectivity index (χ3v) is 8.36. The number of hydrogen-bond donors (Lipinski definition) is 1. The zero-order valence-corrected chi connectivity index (χ0v) is 21.1.